The second-order valence-electron chi connectivity index (χ2n) is 5.52. The molecule has 0 bridgehead atoms. The van der Waals surface area contributed by atoms with Crippen LogP contribution < -0.4 is 0 Å². The van der Waals surface area contributed by atoms with Crippen LogP contribution in [-0.4, -0.2) is 55.5 Å². The molecule has 7 heteroatoms. The fraction of sp³-hybridized carbons (Fsp3) is 0.562. The van der Waals surface area contributed by atoms with E-state index in [0.29, 0.717) is 0 Å². The van der Waals surface area contributed by atoms with Gasteiger partial charge in [0.1, 0.15) is 18.3 Å². The first-order valence-electron chi connectivity index (χ1n) is 7.45. The number of aliphatic hydroxyl groups is 1. The third kappa shape index (κ3) is 3.39. The van der Waals surface area contributed by atoms with Crippen LogP contribution in [-0.2, 0) is 28.5 Å². The Kier molecular flexibility index (Phi) is 4.93. The van der Waals surface area contributed by atoms with E-state index >= 15 is 0 Å². The van der Waals surface area contributed by atoms with Crippen LogP contribution in [0.1, 0.15) is 18.8 Å². The number of rotatable bonds is 3. The molecule has 0 spiro atoms. The van der Waals surface area contributed by atoms with Crippen LogP contribution >= 0.6 is 0 Å². The van der Waals surface area contributed by atoms with Crippen molar-refractivity contribution in [2.75, 3.05) is 13.7 Å². The smallest absolute Gasteiger partial charge is 0.303 e. The van der Waals surface area contributed by atoms with Gasteiger partial charge in [0.05, 0.1) is 6.61 Å². The van der Waals surface area contributed by atoms with Crippen molar-refractivity contribution in [2.45, 2.75) is 43.9 Å². The van der Waals surface area contributed by atoms with Gasteiger partial charge < -0.3 is 28.8 Å². The molecule has 0 aromatic heterocycles. The molecule has 1 N–H and O–H groups in total. The first-order chi connectivity index (χ1) is 11.1. The highest BCUT2D eigenvalue weighted by Crippen LogP contribution is 2.35. The Morgan fingerprint density at radius 2 is 2.00 bits per heavy atom. The minimum atomic E-state index is -1.07. The van der Waals surface area contributed by atoms with E-state index in [-0.39, 0.29) is 6.61 Å². The Labute approximate surface area is 134 Å². The Hall–Kier alpha value is -1.51. The van der Waals surface area contributed by atoms with Crippen molar-refractivity contribution in [2.24, 2.45) is 0 Å². The Morgan fingerprint density at radius 3 is 2.65 bits per heavy atom. The SMILES string of the molecule is CO[C@H]1O[C@@H]2COC(c3ccccc3)O[C@@H]2[C@H](O)[C@H]1OC(C)=O. The van der Waals surface area contributed by atoms with Crippen LogP contribution in [0, 0.1) is 0 Å². The molecular formula is C16H20O7. The number of ether oxygens (including phenoxy) is 5. The van der Waals surface area contributed by atoms with E-state index in [2.05, 4.69) is 0 Å². The number of hydrogen-bond donors (Lipinski definition) is 1. The molecule has 6 atom stereocenters. The lowest BCUT2D eigenvalue weighted by Crippen LogP contribution is -2.63. The van der Waals surface area contributed by atoms with Crippen molar-refractivity contribution in [1.82, 2.24) is 0 Å². The summed E-state index contributed by atoms with van der Waals surface area (Å²) >= 11 is 0. The van der Waals surface area contributed by atoms with E-state index < -0.39 is 43.0 Å². The van der Waals surface area contributed by atoms with Gasteiger partial charge in [-0.15, -0.1) is 0 Å². The zero-order valence-electron chi connectivity index (χ0n) is 13.0. The van der Waals surface area contributed by atoms with E-state index in [4.69, 9.17) is 23.7 Å². The van der Waals surface area contributed by atoms with E-state index in [1.54, 1.807) is 0 Å². The highest BCUT2D eigenvalue weighted by molar-refractivity contribution is 5.66. The fourth-order valence-corrected chi connectivity index (χ4v) is 2.85. The molecule has 1 aromatic rings. The van der Waals surface area contributed by atoms with Gasteiger partial charge in [0.2, 0.25) is 0 Å². The number of fused-ring (bicyclic) bond motifs is 1. The lowest BCUT2D eigenvalue weighted by atomic mass is 9.97. The zero-order valence-corrected chi connectivity index (χ0v) is 13.0. The number of esters is 1. The van der Waals surface area contributed by atoms with Gasteiger partial charge in [-0.05, 0) is 0 Å². The topological polar surface area (TPSA) is 83.5 Å². The van der Waals surface area contributed by atoms with Crippen molar-refractivity contribution in [3.8, 4) is 0 Å². The number of hydrogen-bond acceptors (Lipinski definition) is 7. The number of carbonyl (C=O) groups excluding carboxylic acids is 1. The third-order valence-electron chi connectivity index (χ3n) is 3.92. The van der Waals surface area contributed by atoms with Gasteiger partial charge in [0.25, 0.3) is 0 Å². The molecule has 0 saturated carbocycles. The largest absolute Gasteiger partial charge is 0.454 e. The van der Waals surface area contributed by atoms with Crippen molar-refractivity contribution < 1.29 is 33.6 Å². The van der Waals surface area contributed by atoms with Crippen LogP contribution in [0.2, 0.25) is 0 Å². The molecule has 0 radical (unpaired) electrons. The molecular weight excluding hydrogens is 304 g/mol. The van der Waals surface area contributed by atoms with Gasteiger partial charge in [-0.3, -0.25) is 4.79 Å². The maximum absolute atomic E-state index is 11.3. The lowest BCUT2D eigenvalue weighted by molar-refractivity contribution is -0.358. The molecule has 1 unspecified atom stereocenters. The van der Waals surface area contributed by atoms with Crippen molar-refractivity contribution in [1.29, 1.82) is 0 Å². The average Bonchev–Trinajstić information content (AvgIpc) is 2.57. The van der Waals surface area contributed by atoms with Crippen LogP contribution in [0.5, 0.6) is 0 Å². The summed E-state index contributed by atoms with van der Waals surface area (Å²) in [5.74, 6) is -0.523. The number of benzene rings is 1. The van der Waals surface area contributed by atoms with E-state index in [9.17, 15) is 9.90 Å². The Balaban J connectivity index is 1.76. The van der Waals surface area contributed by atoms with Gasteiger partial charge in [0.15, 0.2) is 18.7 Å². The molecule has 0 amide bonds. The quantitative estimate of drug-likeness (QED) is 0.822. The van der Waals surface area contributed by atoms with Gasteiger partial charge in [-0.25, -0.2) is 0 Å². The second kappa shape index (κ2) is 6.94. The summed E-state index contributed by atoms with van der Waals surface area (Å²) in [6.45, 7) is 1.51. The molecule has 3 rings (SSSR count). The van der Waals surface area contributed by atoms with Crippen molar-refractivity contribution in [3.05, 3.63) is 35.9 Å². The molecule has 1 aromatic carbocycles. The third-order valence-corrected chi connectivity index (χ3v) is 3.92. The highest BCUT2D eigenvalue weighted by atomic mass is 16.8. The molecule has 2 aliphatic heterocycles. The first kappa shape index (κ1) is 16.4. The van der Waals surface area contributed by atoms with Crippen LogP contribution in [0.25, 0.3) is 0 Å². The maximum Gasteiger partial charge on any atom is 0.303 e. The second-order valence-corrected chi connectivity index (χ2v) is 5.52. The summed E-state index contributed by atoms with van der Waals surface area (Å²) in [7, 11) is 1.42. The van der Waals surface area contributed by atoms with Gasteiger partial charge in [-0.2, -0.15) is 0 Å². The number of aliphatic hydroxyl groups excluding tert-OH is 1. The van der Waals surface area contributed by atoms with E-state index in [0.717, 1.165) is 5.56 Å². The van der Waals surface area contributed by atoms with Gasteiger partial charge in [0, 0.05) is 19.6 Å². The monoisotopic (exact) mass is 324 g/mol. The molecule has 0 aliphatic carbocycles. The van der Waals surface area contributed by atoms with Crippen molar-refractivity contribution >= 4 is 5.97 Å². The molecule has 2 fully saturated rings. The summed E-state index contributed by atoms with van der Waals surface area (Å²) in [6, 6.07) is 9.41. The fourth-order valence-electron chi connectivity index (χ4n) is 2.85. The summed E-state index contributed by atoms with van der Waals surface area (Å²) < 4.78 is 27.5. The van der Waals surface area contributed by atoms with Crippen LogP contribution in [0.4, 0.5) is 0 Å². The lowest BCUT2D eigenvalue weighted by Gasteiger charge is -2.46. The van der Waals surface area contributed by atoms with Crippen LogP contribution in [0.3, 0.4) is 0 Å². The van der Waals surface area contributed by atoms with E-state index in [1.807, 2.05) is 30.3 Å². The molecule has 2 aliphatic rings. The predicted octanol–water partition coefficient (Wildman–Crippen LogP) is 0.764. The zero-order chi connectivity index (χ0) is 16.4. The minimum Gasteiger partial charge on any atom is -0.454 e. The van der Waals surface area contributed by atoms with E-state index in [1.165, 1.54) is 14.0 Å². The molecule has 23 heavy (non-hydrogen) atoms. The minimum absolute atomic E-state index is 0.244. The van der Waals surface area contributed by atoms with Gasteiger partial charge in [-0.1, -0.05) is 30.3 Å². The molecule has 2 heterocycles. The number of carbonyl (C=O) groups is 1. The Bertz CT molecular complexity index is 534. The highest BCUT2D eigenvalue weighted by Gasteiger charge is 2.51. The summed E-state index contributed by atoms with van der Waals surface area (Å²) in [5, 5.41) is 10.6. The average molecular weight is 324 g/mol. The van der Waals surface area contributed by atoms with Gasteiger partial charge >= 0.3 is 5.97 Å². The summed E-state index contributed by atoms with van der Waals surface area (Å²) in [5.41, 5.74) is 0.844. The number of methoxy groups -OCH3 is 1. The molecule has 7 nitrogen and oxygen atoms in total. The first-order valence-corrected chi connectivity index (χ1v) is 7.45. The van der Waals surface area contributed by atoms with Crippen molar-refractivity contribution in [3.63, 3.8) is 0 Å². The molecule has 2 saturated heterocycles. The summed E-state index contributed by atoms with van der Waals surface area (Å²) in [6.07, 6.45) is -4.67. The predicted molar refractivity (Wildman–Crippen MR) is 77.2 cm³/mol. The maximum atomic E-state index is 11.3. The Morgan fingerprint density at radius 1 is 1.26 bits per heavy atom. The normalized spacial score (nSPS) is 37.0. The standard InChI is InChI=1S/C16H20O7/c1-9(17)21-14-12(18)13-11(22-16(14)19-2)8-20-15(23-13)10-6-4-3-5-7-10/h3-7,11-16,18H,8H2,1-2H3/t11-,12+,13+,14-,15?,16+/m1/s1. The summed E-state index contributed by atoms with van der Waals surface area (Å²) in [4.78, 5) is 11.3. The molecule has 126 valence electrons. The van der Waals surface area contributed by atoms with Crippen LogP contribution in [0.15, 0.2) is 30.3 Å².